The molecule has 0 N–H and O–H groups in total. The standard InChI is InChI=1S/C20H22N2O4/c1-25-18-5-3-14(4-6-18)9-15-7-8-22(13-15)19(23)16-10-17(12-21-11-16)20(24)26-2/h3-6,10-12,15H,7-9,13H2,1-2H3. The molecule has 3 rings (SSSR count). The number of nitrogens with zero attached hydrogens (tertiary/aromatic N) is 2. The third-order valence-electron chi connectivity index (χ3n) is 4.66. The van der Waals surface area contributed by atoms with E-state index < -0.39 is 5.97 Å². The molecular weight excluding hydrogens is 332 g/mol. The topological polar surface area (TPSA) is 68.7 Å². The summed E-state index contributed by atoms with van der Waals surface area (Å²) in [5.74, 6) is 0.672. The third-order valence-corrected chi connectivity index (χ3v) is 4.66. The molecule has 1 unspecified atom stereocenters. The van der Waals surface area contributed by atoms with Crippen LogP contribution in [0.5, 0.6) is 5.75 Å². The molecule has 1 aliphatic heterocycles. The first-order chi connectivity index (χ1) is 12.6. The summed E-state index contributed by atoms with van der Waals surface area (Å²) in [7, 11) is 2.96. The lowest BCUT2D eigenvalue weighted by molar-refractivity contribution is 0.0600. The Morgan fingerprint density at radius 3 is 2.58 bits per heavy atom. The van der Waals surface area contributed by atoms with Crippen molar-refractivity contribution in [1.29, 1.82) is 0 Å². The summed E-state index contributed by atoms with van der Waals surface area (Å²) in [4.78, 5) is 30.1. The van der Waals surface area contributed by atoms with Crippen LogP contribution in [0.25, 0.3) is 0 Å². The molecule has 1 saturated heterocycles. The average molecular weight is 354 g/mol. The van der Waals surface area contributed by atoms with Crippen molar-refractivity contribution in [3.63, 3.8) is 0 Å². The summed E-state index contributed by atoms with van der Waals surface area (Å²) in [6.45, 7) is 1.41. The summed E-state index contributed by atoms with van der Waals surface area (Å²) in [5, 5.41) is 0. The Bertz CT molecular complexity index is 789. The summed E-state index contributed by atoms with van der Waals surface area (Å²) in [6.07, 6.45) is 4.78. The molecular formula is C20H22N2O4. The molecule has 0 spiro atoms. The Morgan fingerprint density at radius 1 is 1.15 bits per heavy atom. The lowest BCUT2D eigenvalue weighted by Crippen LogP contribution is -2.29. The minimum Gasteiger partial charge on any atom is -0.497 e. The van der Waals surface area contributed by atoms with Crippen LogP contribution in [0.3, 0.4) is 0 Å². The van der Waals surface area contributed by atoms with Crippen LogP contribution in [-0.4, -0.2) is 49.1 Å². The Morgan fingerprint density at radius 2 is 1.88 bits per heavy atom. The number of methoxy groups -OCH3 is 2. The number of carbonyl (C=O) groups is 2. The number of aromatic nitrogens is 1. The van der Waals surface area contributed by atoms with Crippen LogP contribution in [0.15, 0.2) is 42.7 Å². The zero-order valence-corrected chi connectivity index (χ0v) is 15.0. The predicted molar refractivity (Wildman–Crippen MR) is 96.3 cm³/mol. The molecule has 0 saturated carbocycles. The largest absolute Gasteiger partial charge is 0.497 e. The van der Waals surface area contributed by atoms with Crippen molar-refractivity contribution < 1.29 is 19.1 Å². The Kier molecular flexibility index (Phi) is 5.51. The van der Waals surface area contributed by atoms with Gasteiger partial charge in [-0.25, -0.2) is 4.79 Å². The molecule has 1 fully saturated rings. The summed E-state index contributed by atoms with van der Waals surface area (Å²) in [5.41, 5.74) is 1.93. The maximum absolute atomic E-state index is 12.7. The molecule has 0 aliphatic carbocycles. The first-order valence-corrected chi connectivity index (χ1v) is 8.56. The van der Waals surface area contributed by atoms with Gasteiger partial charge in [-0.2, -0.15) is 0 Å². The van der Waals surface area contributed by atoms with Crippen LogP contribution in [-0.2, 0) is 11.2 Å². The molecule has 6 heteroatoms. The van der Waals surface area contributed by atoms with Crippen LogP contribution in [0, 0.1) is 5.92 Å². The smallest absolute Gasteiger partial charge is 0.339 e. The van der Waals surface area contributed by atoms with Crippen LogP contribution in [0.1, 0.15) is 32.7 Å². The summed E-state index contributed by atoms with van der Waals surface area (Å²) < 4.78 is 9.86. The number of pyridine rings is 1. The minimum atomic E-state index is -0.494. The molecule has 1 aromatic heterocycles. The van der Waals surface area contributed by atoms with Crippen molar-refractivity contribution in [1.82, 2.24) is 9.88 Å². The van der Waals surface area contributed by atoms with E-state index in [-0.39, 0.29) is 11.5 Å². The van der Waals surface area contributed by atoms with Crippen LogP contribution >= 0.6 is 0 Å². The van der Waals surface area contributed by atoms with Crippen LogP contribution < -0.4 is 4.74 Å². The monoisotopic (exact) mass is 354 g/mol. The summed E-state index contributed by atoms with van der Waals surface area (Å²) in [6, 6.07) is 9.58. The van der Waals surface area contributed by atoms with E-state index >= 15 is 0 Å². The number of benzene rings is 1. The fraction of sp³-hybridized carbons (Fsp3) is 0.350. The highest BCUT2D eigenvalue weighted by molar-refractivity contribution is 5.97. The predicted octanol–water partition coefficient (Wildman–Crippen LogP) is 2.58. The number of rotatable bonds is 5. The normalized spacial score (nSPS) is 16.4. The Labute approximate surface area is 152 Å². The van der Waals surface area contributed by atoms with Gasteiger partial charge >= 0.3 is 5.97 Å². The molecule has 1 aliphatic rings. The molecule has 26 heavy (non-hydrogen) atoms. The van der Waals surface area contributed by atoms with Crippen molar-refractivity contribution >= 4 is 11.9 Å². The number of likely N-dealkylation sites (tertiary alicyclic amines) is 1. The van der Waals surface area contributed by atoms with E-state index in [1.807, 2.05) is 17.0 Å². The van der Waals surface area contributed by atoms with E-state index in [9.17, 15) is 9.59 Å². The fourth-order valence-electron chi connectivity index (χ4n) is 3.25. The Balaban J connectivity index is 1.62. The quantitative estimate of drug-likeness (QED) is 0.772. The van der Waals surface area contributed by atoms with Gasteiger partial charge in [0.1, 0.15) is 5.75 Å². The lowest BCUT2D eigenvalue weighted by atomic mass is 9.99. The highest BCUT2D eigenvalue weighted by atomic mass is 16.5. The van der Waals surface area contributed by atoms with E-state index in [0.29, 0.717) is 24.6 Å². The molecule has 1 aromatic carbocycles. The molecule has 136 valence electrons. The van der Waals surface area contributed by atoms with Gasteiger partial charge in [-0.1, -0.05) is 12.1 Å². The van der Waals surface area contributed by atoms with E-state index in [4.69, 9.17) is 4.74 Å². The minimum absolute atomic E-state index is 0.0968. The average Bonchev–Trinajstić information content (AvgIpc) is 3.16. The second-order valence-electron chi connectivity index (χ2n) is 6.41. The van der Waals surface area contributed by atoms with Crippen molar-refractivity contribution in [2.24, 2.45) is 5.92 Å². The third kappa shape index (κ3) is 4.02. The fourth-order valence-corrected chi connectivity index (χ4v) is 3.25. The van der Waals surface area contributed by atoms with Gasteiger partial charge in [0, 0.05) is 25.5 Å². The molecule has 0 radical (unpaired) electrons. The second-order valence-corrected chi connectivity index (χ2v) is 6.41. The molecule has 2 heterocycles. The van der Waals surface area contributed by atoms with Gasteiger partial charge in [0.25, 0.3) is 5.91 Å². The summed E-state index contributed by atoms with van der Waals surface area (Å²) >= 11 is 0. The van der Waals surface area contributed by atoms with Crippen molar-refractivity contribution in [3.8, 4) is 5.75 Å². The second kappa shape index (κ2) is 7.99. The lowest BCUT2D eigenvalue weighted by Gasteiger charge is -2.17. The number of ether oxygens (including phenoxy) is 2. The van der Waals surface area contributed by atoms with Crippen molar-refractivity contribution in [2.75, 3.05) is 27.3 Å². The molecule has 1 atom stereocenters. The van der Waals surface area contributed by atoms with Gasteiger partial charge in [0.15, 0.2) is 0 Å². The SMILES string of the molecule is COC(=O)c1cncc(C(=O)N2CCC(Cc3ccc(OC)cc3)C2)c1. The molecule has 0 bridgehead atoms. The van der Waals surface area contributed by atoms with Crippen molar-refractivity contribution in [2.45, 2.75) is 12.8 Å². The van der Waals surface area contributed by atoms with E-state index in [1.165, 1.54) is 31.1 Å². The van der Waals surface area contributed by atoms with E-state index in [0.717, 1.165) is 18.6 Å². The van der Waals surface area contributed by atoms with Gasteiger partial charge in [-0.15, -0.1) is 0 Å². The maximum atomic E-state index is 12.7. The van der Waals surface area contributed by atoms with Crippen LogP contribution in [0.2, 0.25) is 0 Å². The number of hydrogen-bond acceptors (Lipinski definition) is 5. The first kappa shape index (κ1) is 17.9. The van der Waals surface area contributed by atoms with Gasteiger partial charge in [0.2, 0.25) is 0 Å². The zero-order valence-electron chi connectivity index (χ0n) is 15.0. The Hall–Kier alpha value is -2.89. The van der Waals surface area contributed by atoms with Crippen LogP contribution in [0.4, 0.5) is 0 Å². The van der Waals surface area contributed by atoms with Crippen molar-refractivity contribution in [3.05, 3.63) is 59.4 Å². The first-order valence-electron chi connectivity index (χ1n) is 8.56. The number of esters is 1. The molecule has 2 aromatic rings. The molecule has 1 amide bonds. The van der Waals surface area contributed by atoms with E-state index in [2.05, 4.69) is 21.9 Å². The number of amides is 1. The highest BCUT2D eigenvalue weighted by Gasteiger charge is 2.27. The maximum Gasteiger partial charge on any atom is 0.339 e. The molecule has 6 nitrogen and oxygen atoms in total. The van der Waals surface area contributed by atoms with Gasteiger partial charge < -0.3 is 14.4 Å². The zero-order chi connectivity index (χ0) is 18.5. The van der Waals surface area contributed by atoms with E-state index in [1.54, 1.807) is 7.11 Å². The van der Waals surface area contributed by atoms with Gasteiger partial charge in [0.05, 0.1) is 25.3 Å². The highest BCUT2D eigenvalue weighted by Crippen LogP contribution is 2.23. The number of carbonyl (C=O) groups excluding carboxylic acids is 2. The van der Waals surface area contributed by atoms with Gasteiger partial charge in [-0.3, -0.25) is 9.78 Å². The van der Waals surface area contributed by atoms with Gasteiger partial charge in [-0.05, 0) is 42.5 Å². The number of hydrogen-bond donors (Lipinski definition) is 0.